The number of hydrogen-bond acceptors (Lipinski definition) is 5. The molecule has 0 aromatic heterocycles. The van der Waals surface area contributed by atoms with Crippen molar-refractivity contribution in [2.75, 3.05) is 13.2 Å². The summed E-state index contributed by atoms with van der Waals surface area (Å²) in [5.41, 5.74) is 0. The molecule has 0 radical (unpaired) electrons. The number of aliphatic hydroxyl groups excluding tert-OH is 1. The number of ketones is 1. The smallest absolute Gasteiger partial charge is 0.410 e. The molecule has 0 saturated carbocycles. The van der Waals surface area contributed by atoms with Gasteiger partial charge in [-0.15, -0.1) is 0 Å². The van der Waals surface area contributed by atoms with Crippen molar-refractivity contribution in [3.05, 3.63) is 12.7 Å². The number of β-lactam (4-membered cyclic amide) rings is 1. The molecular weight excluding hydrogens is 276 g/mol. The van der Waals surface area contributed by atoms with Crippen LogP contribution >= 0.6 is 0 Å². The van der Waals surface area contributed by atoms with Crippen molar-refractivity contribution in [2.45, 2.75) is 38.0 Å². The van der Waals surface area contributed by atoms with Crippen LogP contribution in [0.5, 0.6) is 0 Å². The molecule has 2 rings (SSSR count). The number of carbonyl (C=O) groups is 3. The van der Waals surface area contributed by atoms with Gasteiger partial charge >= 0.3 is 6.09 Å². The van der Waals surface area contributed by atoms with E-state index in [-0.39, 0.29) is 18.3 Å². The van der Waals surface area contributed by atoms with Crippen LogP contribution in [-0.2, 0) is 14.3 Å². The molecule has 2 N–H and O–H groups in total. The van der Waals surface area contributed by atoms with Crippen LogP contribution in [0.1, 0.15) is 19.8 Å². The van der Waals surface area contributed by atoms with Crippen molar-refractivity contribution < 1.29 is 24.2 Å². The molecule has 2 heterocycles. The minimum Gasteiger partial charge on any atom is -0.445 e. The van der Waals surface area contributed by atoms with Crippen LogP contribution in [0.3, 0.4) is 0 Å². The number of piperidine rings is 1. The van der Waals surface area contributed by atoms with Gasteiger partial charge in [0.25, 0.3) is 0 Å². The Hall–Kier alpha value is -1.89. The molecule has 0 bridgehead atoms. The molecule has 2 aliphatic rings. The van der Waals surface area contributed by atoms with Crippen molar-refractivity contribution in [3.63, 3.8) is 0 Å². The summed E-state index contributed by atoms with van der Waals surface area (Å²) in [7, 11) is 0. The third kappa shape index (κ3) is 2.92. The standard InChI is InChI=1S/C14H20N2O5/c1-3-7-21-14(20)16-6-4-5-9(18)12(16)11-10(8(2)17)13(19)15-11/h3,8,10-12,17H,1,4-7H2,2H3,(H,15,19)/t8-,10-,11+,12?/m1/s1. The number of amides is 2. The molecule has 7 nitrogen and oxygen atoms in total. The van der Waals surface area contributed by atoms with Crippen LogP contribution in [0.2, 0.25) is 0 Å². The highest BCUT2D eigenvalue weighted by Gasteiger charge is 2.52. The van der Waals surface area contributed by atoms with Crippen LogP contribution in [0.15, 0.2) is 12.7 Å². The van der Waals surface area contributed by atoms with Crippen LogP contribution < -0.4 is 5.32 Å². The Balaban J connectivity index is 2.16. The van der Waals surface area contributed by atoms with Crippen LogP contribution in [0.25, 0.3) is 0 Å². The van der Waals surface area contributed by atoms with Gasteiger partial charge in [0.2, 0.25) is 5.91 Å². The van der Waals surface area contributed by atoms with E-state index in [0.717, 1.165) is 0 Å². The van der Waals surface area contributed by atoms with Crippen molar-refractivity contribution in [1.29, 1.82) is 0 Å². The minimum atomic E-state index is -0.871. The zero-order valence-corrected chi connectivity index (χ0v) is 11.9. The second-order valence-electron chi connectivity index (χ2n) is 5.37. The number of nitrogens with one attached hydrogen (secondary N) is 1. The summed E-state index contributed by atoms with van der Waals surface area (Å²) >= 11 is 0. The average molecular weight is 296 g/mol. The third-order valence-electron chi connectivity index (χ3n) is 3.91. The van der Waals surface area contributed by atoms with E-state index in [4.69, 9.17) is 4.74 Å². The number of likely N-dealkylation sites (tertiary alicyclic amines) is 1. The number of hydrogen-bond donors (Lipinski definition) is 2. The van der Waals surface area contributed by atoms with E-state index in [1.54, 1.807) is 0 Å². The summed E-state index contributed by atoms with van der Waals surface area (Å²) in [6.45, 7) is 5.43. The van der Waals surface area contributed by atoms with Gasteiger partial charge in [0.15, 0.2) is 5.78 Å². The zero-order chi connectivity index (χ0) is 15.6. The first-order chi connectivity index (χ1) is 9.97. The van der Waals surface area contributed by atoms with E-state index in [2.05, 4.69) is 11.9 Å². The van der Waals surface area contributed by atoms with E-state index in [0.29, 0.717) is 19.4 Å². The Morgan fingerprint density at radius 1 is 1.62 bits per heavy atom. The van der Waals surface area contributed by atoms with Crippen molar-refractivity contribution in [3.8, 4) is 0 Å². The first-order valence-electron chi connectivity index (χ1n) is 7.02. The maximum Gasteiger partial charge on any atom is 0.410 e. The van der Waals surface area contributed by atoms with E-state index < -0.39 is 30.2 Å². The van der Waals surface area contributed by atoms with Gasteiger partial charge in [-0.3, -0.25) is 14.5 Å². The predicted molar refractivity (Wildman–Crippen MR) is 73.4 cm³/mol. The lowest BCUT2D eigenvalue weighted by Gasteiger charge is -2.47. The Morgan fingerprint density at radius 2 is 2.33 bits per heavy atom. The molecular formula is C14H20N2O5. The highest BCUT2D eigenvalue weighted by molar-refractivity contribution is 5.94. The quantitative estimate of drug-likeness (QED) is 0.555. The van der Waals surface area contributed by atoms with Gasteiger partial charge in [0, 0.05) is 13.0 Å². The van der Waals surface area contributed by atoms with E-state index in [9.17, 15) is 19.5 Å². The van der Waals surface area contributed by atoms with Crippen LogP contribution in [0, 0.1) is 5.92 Å². The van der Waals surface area contributed by atoms with Crippen LogP contribution in [0.4, 0.5) is 4.79 Å². The summed E-state index contributed by atoms with van der Waals surface area (Å²) in [4.78, 5) is 37.1. The van der Waals surface area contributed by atoms with Gasteiger partial charge in [0.05, 0.1) is 18.1 Å². The van der Waals surface area contributed by atoms with Crippen molar-refractivity contribution in [2.24, 2.45) is 5.92 Å². The Morgan fingerprint density at radius 3 is 2.90 bits per heavy atom. The van der Waals surface area contributed by atoms with E-state index >= 15 is 0 Å². The molecule has 2 saturated heterocycles. The Labute approximate surface area is 122 Å². The average Bonchev–Trinajstić information content (AvgIpc) is 2.41. The minimum absolute atomic E-state index is 0.0626. The number of Topliss-reactive ketones (excluding diaryl/α,β-unsaturated/α-hetero) is 1. The fourth-order valence-electron chi connectivity index (χ4n) is 2.91. The summed E-state index contributed by atoms with van der Waals surface area (Å²) < 4.78 is 4.99. The van der Waals surface area contributed by atoms with E-state index in [1.807, 2.05) is 0 Å². The van der Waals surface area contributed by atoms with Gasteiger partial charge < -0.3 is 15.2 Å². The normalized spacial score (nSPS) is 30.2. The summed E-state index contributed by atoms with van der Waals surface area (Å²) in [5.74, 6) is -1.09. The molecule has 21 heavy (non-hydrogen) atoms. The highest BCUT2D eigenvalue weighted by Crippen LogP contribution is 2.29. The lowest BCUT2D eigenvalue weighted by molar-refractivity contribution is -0.147. The molecule has 0 aromatic carbocycles. The second-order valence-corrected chi connectivity index (χ2v) is 5.37. The molecule has 2 aliphatic heterocycles. The van der Waals surface area contributed by atoms with Crippen molar-refractivity contribution >= 4 is 17.8 Å². The van der Waals surface area contributed by atoms with Gasteiger partial charge in [0.1, 0.15) is 12.6 Å². The van der Waals surface area contributed by atoms with Gasteiger partial charge in [-0.1, -0.05) is 12.7 Å². The molecule has 2 amide bonds. The maximum absolute atomic E-state index is 12.2. The van der Waals surface area contributed by atoms with E-state index in [1.165, 1.54) is 17.9 Å². The number of nitrogens with zero attached hydrogens (tertiary/aromatic N) is 1. The van der Waals surface area contributed by atoms with Gasteiger partial charge in [-0.25, -0.2) is 4.79 Å². The second kappa shape index (κ2) is 6.26. The molecule has 0 spiro atoms. The van der Waals surface area contributed by atoms with Gasteiger partial charge in [-0.2, -0.15) is 0 Å². The zero-order valence-electron chi connectivity index (χ0n) is 11.9. The first-order valence-corrected chi connectivity index (χ1v) is 7.02. The van der Waals surface area contributed by atoms with Gasteiger partial charge in [-0.05, 0) is 13.3 Å². The number of rotatable bonds is 4. The highest BCUT2D eigenvalue weighted by atomic mass is 16.6. The topological polar surface area (TPSA) is 95.9 Å². The molecule has 7 heteroatoms. The first kappa shape index (κ1) is 15.5. The molecule has 0 aromatic rings. The fraction of sp³-hybridized carbons (Fsp3) is 0.643. The maximum atomic E-state index is 12.2. The lowest BCUT2D eigenvalue weighted by atomic mass is 9.78. The fourth-order valence-corrected chi connectivity index (χ4v) is 2.91. The lowest BCUT2D eigenvalue weighted by Crippen LogP contribution is -2.72. The monoisotopic (exact) mass is 296 g/mol. The Kier molecular flexibility index (Phi) is 4.62. The van der Waals surface area contributed by atoms with Crippen LogP contribution in [-0.4, -0.2) is 59.1 Å². The predicted octanol–water partition coefficient (Wildman–Crippen LogP) is -0.162. The number of aliphatic hydroxyl groups is 1. The summed E-state index contributed by atoms with van der Waals surface area (Å²) in [5, 5.41) is 12.3. The molecule has 1 unspecified atom stereocenters. The molecule has 4 atom stereocenters. The largest absolute Gasteiger partial charge is 0.445 e. The SMILES string of the molecule is C=CCOC(=O)N1CCCC(=O)C1[C@H]1NC(=O)[C@@H]1[C@@H](C)O. The number of carbonyl (C=O) groups excluding carboxylic acids is 3. The molecule has 0 aliphatic carbocycles. The number of ether oxygens (including phenoxy) is 1. The summed E-state index contributed by atoms with van der Waals surface area (Å²) in [6.07, 6.45) is 0.901. The molecule has 116 valence electrons. The molecule has 2 fully saturated rings. The third-order valence-corrected chi connectivity index (χ3v) is 3.91. The van der Waals surface area contributed by atoms with Crippen molar-refractivity contribution in [1.82, 2.24) is 10.2 Å². The Bertz CT molecular complexity index is 462. The summed E-state index contributed by atoms with van der Waals surface area (Å²) in [6, 6.07) is -1.32.